The summed E-state index contributed by atoms with van der Waals surface area (Å²) in [4.78, 5) is 11.5. The molecular formula is C16H25FO3. The van der Waals surface area contributed by atoms with Crippen LogP contribution >= 0.6 is 0 Å². The lowest BCUT2D eigenvalue weighted by atomic mass is 9.89. The predicted molar refractivity (Wildman–Crippen MR) is 75.1 cm³/mol. The minimum atomic E-state index is -0.934. The number of fused-ring (bicyclic) bond motifs is 1. The lowest BCUT2D eigenvalue weighted by molar-refractivity contribution is -0.118. The SMILES string of the molecule is CCCCC(F)C/C=C(/O)[C@@H]1[C@H]2CC(=O)C[C@H]2C[C@H]1O. The summed E-state index contributed by atoms with van der Waals surface area (Å²) < 4.78 is 13.6. The molecule has 0 aromatic heterocycles. The van der Waals surface area contributed by atoms with Crippen LogP contribution in [0.1, 0.15) is 51.9 Å². The van der Waals surface area contributed by atoms with Crippen LogP contribution < -0.4 is 0 Å². The molecule has 0 bridgehead atoms. The van der Waals surface area contributed by atoms with Crippen molar-refractivity contribution in [3.8, 4) is 0 Å². The molecule has 0 heterocycles. The monoisotopic (exact) mass is 284 g/mol. The van der Waals surface area contributed by atoms with Gasteiger partial charge in [-0.05, 0) is 30.8 Å². The summed E-state index contributed by atoms with van der Waals surface area (Å²) in [5, 5.41) is 20.2. The molecule has 114 valence electrons. The third-order valence-corrected chi connectivity index (χ3v) is 4.77. The summed E-state index contributed by atoms with van der Waals surface area (Å²) in [5.74, 6) is 0.168. The van der Waals surface area contributed by atoms with Gasteiger partial charge in [-0.3, -0.25) is 4.79 Å². The average Bonchev–Trinajstić information content (AvgIpc) is 2.87. The van der Waals surface area contributed by atoms with Crippen LogP contribution in [-0.2, 0) is 4.79 Å². The van der Waals surface area contributed by atoms with Crippen molar-refractivity contribution < 1.29 is 19.4 Å². The topological polar surface area (TPSA) is 57.5 Å². The van der Waals surface area contributed by atoms with E-state index in [1.54, 1.807) is 0 Å². The van der Waals surface area contributed by atoms with Crippen LogP contribution in [0, 0.1) is 17.8 Å². The molecule has 0 amide bonds. The number of halogens is 1. The maximum absolute atomic E-state index is 13.6. The lowest BCUT2D eigenvalue weighted by Crippen LogP contribution is -2.22. The van der Waals surface area contributed by atoms with Crippen LogP contribution in [0.15, 0.2) is 11.8 Å². The fourth-order valence-corrected chi connectivity index (χ4v) is 3.72. The molecular weight excluding hydrogens is 259 g/mol. The van der Waals surface area contributed by atoms with Gasteiger partial charge in [0, 0.05) is 25.2 Å². The number of hydrogen-bond donors (Lipinski definition) is 2. The molecule has 2 N–H and O–H groups in total. The van der Waals surface area contributed by atoms with E-state index in [2.05, 4.69) is 0 Å². The number of rotatable bonds is 6. The van der Waals surface area contributed by atoms with Crippen molar-refractivity contribution in [1.29, 1.82) is 0 Å². The minimum absolute atomic E-state index is 0.0439. The molecule has 2 fully saturated rings. The molecule has 0 radical (unpaired) electrons. The quantitative estimate of drug-likeness (QED) is 0.736. The van der Waals surface area contributed by atoms with Crippen LogP contribution in [0.2, 0.25) is 0 Å². The maximum atomic E-state index is 13.6. The van der Waals surface area contributed by atoms with Crippen molar-refractivity contribution in [3.63, 3.8) is 0 Å². The van der Waals surface area contributed by atoms with Crippen LogP contribution in [0.25, 0.3) is 0 Å². The van der Waals surface area contributed by atoms with Crippen molar-refractivity contribution in [2.75, 3.05) is 0 Å². The first-order valence-electron chi connectivity index (χ1n) is 7.75. The number of Topliss-reactive ketones (excluding diaryl/α,β-unsaturated/α-hetero) is 1. The molecule has 2 rings (SSSR count). The molecule has 2 aliphatic rings. The Kier molecular flexibility index (Phi) is 5.19. The second kappa shape index (κ2) is 6.70. The van der Waals surface area contributed by atoms with E-state index in [1.165, 1.54) is 6.08 Å². The molecule has 5 atom stereocenters. The van der Waals surface area contributed by atoms with E-state index >= 15 is 0 Å². The van der Waals surface area contributed by atoms with Gasteiger partial charge in [0.05, 0.1) is 11.9 Å². The van der Waals surface area contributed by atoms with Gasteiger partial charge >= 0.3 is 0 Å². The summed E-state index contributed by atoms with van der Waals surface area (Å²) >= 11 is 0. The minimum Gasteiger partial charge on any atom is -0.512 e. The molecule has 2 aliphatic carbocycles. The van der Waals surface area contributed by atoms with Crippen LogP contribution in [0.4, 0.5) is 4.39 Å². The van der Waals surface area contributed by atoms with Crippen molar-refractivity contribution in [2.45, 2.75) is 64.1 Å². The molecule has 0 aromatic rings. The Labute approximate surface area is 119 Å². The number of carbonyl (C=O) groups is 1. The number of alkyl halides is 1. The van der Waals surface area contributed by atoms with Crippen molar-refractivity contribution >= 4 is 5.78 Å². The van der Waals surface area contributed by atoms with E-state index in [4.69, 9.17) is 0 Å². The Bertz CT molecular complexity index is 380. The smallest absolute Gasteiger partial charge is 0.133 e. The zero-order chi connectivity index (χ0) is 14.7. The van der Waals surface area contributed by atoms with Crippen molar-refractivity contribution in [3.05, 3.63) is 11.8 Å². The second-order valence-corrected chi connectivity index (χ2v) is 6.30. The van der Waals surface area contributed by atoms with Gasteiger partial charge in [-0.15, -0.1) is 0 Å². The number of allylic oxidation sites excluding steroid dienone is 1. The average molecular weight is 284 g/mol. The lowest BCUT2D eigenvalue weighted by Gasteiger charge is -2.20. The fourth-order valence-electron chi connectivity index (χ4n) is 3.72. The van der Waals surface area contributed by atoms with Gasteiger partial charge in [0.2, 0.25) is 0 Å². The van der Waals surface area contributed by atoms with Gasteiger partial charge in [0.25, 0.3) is 0 Å². The highest BCUT2D eigenvalue weighted by Crippen LogP contribution is 2.48. The Morgan fingerprint density at radius 1 is 1.50 bits per heavy atom. The van der Waals surface area contributed by atoms with Gasteiger partial charge in [-0.1, -0.05) is 19.8 Å². The zero-order valence-electron chi connectivity index (χ0n) is 12.1. The number of aliphatic hydroxyl groups is 2. The van der Waals surface area contributed by atoms with E-state index in [1.807, 2.05) is 6.92 Å². The first kappa shape index (κ1) is 15.5. The third-order valence-electron chi connectivity index (χ3n) is 4.77. The van der Waals surface area contributed by atoms with Crippen LogP contribution in [0.5, 0.6) is 0 Å². The first-order valence-corrected chi connectivity index (χ1v) is 7.75. The van der Waals surface area contributed by atoms with Gasteiger partial charge < -0.3 is 10.2 Å². The Morgan fingerprint density at radius 2 is 2.25 bits per heavy atom. The van der Waals surface area contributed by atoms with E-state index in [9.17, 15) is 19.4 Å². The van der Waals surface area contributed by atoms with Crippen molar-refractivity contribution in [1.82, 2.24) is 0 Å². The Balaban J connectivity index is 1.93. The summed E-state index contributed by atoms with van der Waals surface area (Å²) in [6.45, 7) is 2.02. The van der Waals surface area contributed by atoms with Gasteiger partial charge in [0.15, 0.2) is 0 Å². The molecule has 1 unspecified atom stereocenters. The van der Waals surface area contributed by atoms with E-state index in [0.29, 0.717) is 25.7 Å². The second-order valence-electron chi connectivity index (χ2n) is 6.30. The molecule has 0 aromatic carbocycles. The van der Waals surface area contributed by atoms with E-state index in [-0.39, 0.29) is 35.7 Å². The Hall–Kier alpha value is -0.900. The highest BCUT2D eigenvalue weighted by molar-refractivity contribution is 5.81. The number of aliphatic hydroxyl groups excluding tert-OH is 2. The van der Waals surface area contributed by atoms with Crippen LogP contribution in [0.3, 0.4) is 0 Å². The third kappa shape index (κ3) is 3.40. The molecule has 2 saturated carbocycles. The Morgan fingerprint density at radius 3 is 2.95 bits per heavy atom. The molecule has 3 nitrogen and oxygen atoms in total. The fraction of sp³-hybridized carbons (Fsp3) is 0.812. The molecule has 0 spiro atoms. The number of ketones is 1. The summed E-state index contributed by atoms with van der Waals surface area (Å²) in [6.07, 6.45) is 4.04. The standard InChI is InChI=1S/C16H25FO3/c1-2-3-4-11(17)5-6-14(19)16-13-9-12(18)7-10(13)8-15(16)20/h6,10-11,13,15-16,19-20H,2-5,7-9H2,1H3/b14-6+/t10-,11?,13-,15+,16-/m0/s1. The largest absolute Gasteiger partial charge is 0.512 e. The number of carbonyl (C=O) groups excluding carboxylic acids is 1. The maximum Gasteiger partial charge on any atom is 0.133 e. The summed E-state index contributed by atoms with van der Waals surface area (Å²) in [7, 11) is 0. The molecule has 4 heteroatoms. The highest BCUT2D eigenvalue weighted by atomic mass is 19.1. The highest BCUT2D eigenvalue weighted by Gasteiger charge is 2.49. The molecule has 0 saturated heterocycles. The van der Waals surface area contributed by atoms with Crippen LogP contribution in [-0.4, -0.2) is 28.3 Å². The van der Waals surface area contributed by atoms with E-state index in [0.717, 1.165) is 12.8 Å². The van der Waals surface area contributed by atoms with Crippen molar-refractivity contribution in [2.24, 2.45) is 17.8 Å². The first-order chi connectivity index (χ1) is 9.52. The summed E-state index contributed by atoms with van der Waals surface area (Å²) in [5.41, 5.74) is 0. The van der Waals surface area contributed by atoms with E-state index < -0.39 is 12.3 Å². The number of hydrogen-bond acceptors (Lipinski definition) is 3. The number of unbranched alkanes of at least 4 members (excludes halogenated alkanes) is 1. The normalized spacial score (nSPS) is 35.4. The van der Waals surface area contributed by atoms with Gasteiger partial charge in [-0.2, -0.15) is 0 Å². The van der Waals surface area contributed by atoms with Gasteiger partial charge in [-0.25, -0.2) is 4.39 Å². The van der Waals surface area contributed by atoms with Gasteiger partial charge in [0.1, 0.15) is 12.0 Å². The zero-order valence-corrected chi connectivity index (χ0v) is 12.1. The summed E-state index contributed by atoms with van der Waals surface area (Å²) in [6, 6.07) is 0. The predicted octanol–water partition coefficient (Wildman–Crippen LogP) is 3.32. The molecule has 0 aliphatic heterocycles. The molecule has 20 heavy (non-hydrogen) atoms.